The fourth-order valence-corrected chi connectivity index (χ4v) is 11.2. The molecule has 0 saturated heterocycles. The van der Waals surface area contributed by atoms with E-state index in [1.165, 1.54) is 43.1 Å². The molecule has 2 aromatic heterocycles. The molecule has 2 heterocycles. The molecule has 0 bridgehead atoms. The zero-order valence-electron chi connectivity index (χ0n) is 37.8. The third-order valence-electron chi connectivity index (χ3n) is 14.5. The highest BCUT2D eigenvalue weighted by Gasteiger charge is 2.21. The van der Waals surface area contributed by atoms with Gasteiger partial charge in [-0.3, -0.25) is 0 Å². The van der Waals surface area contributed by atoms with Crippen LogP contribution in [0.1, 0.15) is 0 Å². The minimum atomic E-state index is 0.805. The number of benzene rings is 13. The molecular weight excluding hydrogens is 853 g/mol. The molecule has 0 N–H and O–H groups in total. The van der Waals surface area contributed by atoms with Gasteiger partial charge in [-0.2, -0.15) is 0 Å². The fraction of sp³-hybridized carbons (Fsp3) is 0. The van der Waals surface area contributed by atoms with Crippen LogP contribution in [0.4, 0.5) is 34.1 Å². The topological polar surface area (TPSA) is 32.8 Å². The molecule has 0 amide bonds. The van der Waals surface area contributed by atoms with E-state index in [0.717, 1.165) is 99.5 Å². The highest BCUT2D eigenvalue weighted by atomic mass is 16.3. The van der Waals surface area contributed by atoms with Crippen molar-refractivity contribution in [3.63, 3.8) is 0 Å². The molecule has 15 rings (SSSR count). The molecule has 15 aromatic rings. The van der Waals surface area contributed by atoms with E-state index in [1.54, 1.807) is 0 Å². The van der Waals surface area contributed by atoms with Crippen LogP contribution < -0.4 is 9.80 Å². The largest absolute Gasteiger partial charge is 0.456 e. The first kappa shape index (κ1) is 38.7. The van der Waals surface area contributed by atoms with Gasteiger partial charge in [0.2, 0.25) is 0 Å². The van der Waals surface area contributed by atoms with Crippen molar-refractivity contribution in [2.45, 2.75) is 0 Å². The zero-order chi connectivity index (χ0) is 45.9. The van der Waals surface area contributed by atoms with Gasteiger partial charge in [0.25, 0.3) is 0 Å². The summed E-state index contributed by atoms with van der Waals surface area (Å²) in [6, 6.07) is 87.6. The van der Waals surface area contributed by atoms with Gasteiger partial charge in [0.15, 0.2) is 0 Å². The van der Waals surface area contributed by atoms with Crippen molar-refractivity contribution < 1.29 is 8.83 Å². The number of nitrogens with zero attached hydrogens (tertiary/aromatic N) is 2. The quantitative estimate of drug-likeness (QED) is 0.156. The number of rotatable bonds is 6. The van der Waals surface area contributed by atoms with Crippen LogP contribution in [0.3, 0.4) is 0 Å². The van der Waals surface area contributed by atoms with E-state index < -0.39 is 0 Å². The second kappa shape index (κ2) is 15.1. The first-order valence-corrected chi connectivity index (χ1v) is 23.9. The minimum Gasteiger partial charge on any atom is -0.456 e. The summed E-state index contributed by atoms with van der Waals surface area (Å²) in [4.78, 5) is 4.74. The third kappa shape index (κ3) is 5.97. The Morgan fingerprint density at radius 3 is 1.09 bits per heavy atom. The van der Waals surface area contributed by atoms with E-state index in [4.69, 9.17) is 8.83 Å². The summed E-state index contributed by atoms with van der Waals surface area (Å²) < 4.78 is 13.4. The summed E-state index contributed by atoms with van der Waals surface area (Å²) in [6.07, 6.45) is 0. The molecule has 4 heteroatoms. The third-order valence-corrected chi connectivity index (χ3v) is 14.5. The summed E-state index contributed by atoms with van der Waals surface area (Å²) in [6.45, 7) is 0. The van der Waals surface area contributed by atoms with Crippen LogP contribution in [-0.2, 0) is 0 Å². The van der Waals surface area contributed by atoms with E-state index >= 15 is 0 Å². The van der Waals surface area contributed by atoms with Gasteiger partial charge in [-0.1, -0.05) is 146 Å². The lowest BCUT2D eigenvalue weighted by Gasteiger charge is -2.27. The summed E-state index contributed by atoms with van der Waals surface area (Å²) in [7, 11) is 0. The molecule has 326 valence electrons. The Morgan fingerprint density at radius 2 is 0.600 bits per heavy atom. The van der Waals surface area contributed by atoms with E-state index in [1.807, 2.05) is 0 Å². The van der Waals surface area contributed by atoms with E-state index in [2.05, 4.69) is 252 Å². The average Bonchev–Trinajstić information content (AvgIpc) is 3.94. The van der Waals surface area contributed by atoms with Crippen molar-refractivity contribution in [1.29, 1.82) is 0 Å². The molecule has 0 spiro atoms. The maximum absolute atomic E-state index is 6.71. The smallest absolute Gasteiger partial charge is 0.139 e. The molecule has 0 radical (unpaired) electrons. The van der Waals surface area contributed by atoms with Crippen LogP contribution in [0.15, 0.2) is 251 Å². The molecule has 70 heavy (non-hydrogen) atoms. The molecule has 0 saturated carbocycles. The Morgan fingerprint density at radius 1 is 0.200 bits per heavy atom. The summed E-state index contributed by atoms with van der Waals surface area (Å²) in [5.74, 6) is 0. The first-order valence-electron chi connectivity index (χ1n) is 23.9. The van der Waals surface area contributed by atoms with Gasteiger partial charge >= 0.3 is 0 Å². The Kier molecular flexibility index (Phi) is 8.33. The van der Waals surface area contributed by atoms with Gasteiger partial charge in [0.1, 0.15) is 22.3 Å². The van der Waals surface area contributed by atoms with E-state index in [-0.39, 0.29) is 0 Å². The van der Waals surface area contributed by atoms with Crippen LogP contribution in [0, 0.1) is 0 Å². The molecule has 0 unspecified atom stereocenters. The van der Waals surface area contributed by atoms with Crippen molar-refractivity contribution >= 4 is 143 Å². The summed E-state index contributed by atoms with van der Waals surface area (Å²) >= 11 is 0. The van der Waals surface area contributed by atoms with Crippen LogP contribution in [-0.4, -0.2) is 0 Å². The van der Waals surface area contributed by atoms with Gasteiger partial charge in [-0.05, 0) is 145 Å². The maximum Gasteiger partial charge on any atom is 0.139 e. The molecule has 0 aliphatic rings. The number of anilines is 6. The maximum atomic E-state index is 6.71. The average molecular weight is 893 g/mol. The zero-order valence-corrected chi connectivity index (χ0v) is 37.8. The van der Waals surface area contributed by atoms with Crippen molar-refractivity contribution in [1.82, 2.24) is 0 Å². The van der Waals surface area contributed by atoms with E-state index in [9.17, 15) is 0 Å². The van der Waals surface area contributed by atoms with Crippen molar-refractivity contribution in [2.75, 3.05) is 9.80 Å². The monoisotopic (exact) mass is 892 g/mol. The second-order valence-electron chi connectivity index (χ2n) is 18.5. The van der Waals surface area contributed by atoms with Gasteiger partial charge in [0, 0.05) is 61.1 Å². The Balaban J connectivity index is 0.833. The lowest BCUT2D eigenvalue weighted by molar-refractivity contribution is 0.656. The molecule has 0 atom stereocenters. The van der Waals surface area contributed by atoms with Crippen LogP contribution in [0.25, 0.3) is 109 Å². The van der Waals surface area contributed by atoms with Gasteiger partial charge in [-0.15, -0.1) is 0 Å². The Hall–Kier alpha value is -9.38. The minimum absolute atomic E-state index is 0.805. The molecule has 4 nitrogen and oxygen atoms in total. The molecular formula is C66H40N2O2. The number of furan rings is 2. The van der Waals surface area contributed by atoms with Gasteiger partial charge in [0.05, 0.1) is 11.4 Å². The normalized spacial score (nSPS) is 12.0. The van der Waals surface area contributed by atoms with Crippen LogP contribution >= 0.6 is 0 Å². The van der Waals surface area contributed by atoms with Crippen LogP contribution in [0.2, 0.25) is 0 Å². The number of para-hydroxylation sites is 2. The molecule has 13 aromatic carbocycles. The number of fused-ring (bicyclic) bond motifs is 14. The summed E-state index contributed by atoms with van der Waals surface area (Å²) in [5, 5.41) is 18.7. The second-order valence-corrected chi connectivity index (χ2v) is 18.5. The number of hydrogen-bond donors (Lipinski definition) is 0. The Bertz CT molecular complexity index is 4320. The predicted octanol–water partition coefficient (Wildman–Crippen LogP) is 19.3. The van der Waals surface area contributed by atoms with Gasteiger partial charge < -0.3 is 18.6 Å². The van der Waals surface area contributed by atoms with Crippen molar-refractivity contribution in [2.24, 2.45) is 0 Å². The predicted molar refractivity (Wildman–Crippen MR) is 295 cm³/mol. The summed E-state index contributed by atoms with van der Waals surface area (Å²) in [5.41, 5.74) is 9.91. The first-order chi connectivity index (χ1) is 34.7. The van der Waals surface area contributed by atoms with Crippen molar-refractivity contribution in [3.05, 3.63) is 243 Å². The lowest BCUT2D eigenvalue weighted by Crippen LogP contribution is -2.10. The number of hydrogen-bond acceptors (Lipinski definition) is 4. The molecule has 0 aliphatic carbocycles. The van der Waals surface area contributed by atoms with Crippen molar-refractivity contribution in [3.8, 4) is 0 Å². The molecule has 0 fully saturated rings. The lowest BCUT2D eigenvalue weighted by atomic mass is 9.99. The van der Waals surface area contributed by atoms with Crippen LogP contribution in [0.5, 0.6) is 0 Å². The fourth-order valence-electron chi connectivity index (χ4n) is 11.2. The standard InChI is InChI=1S/C66H40N2O2/c1-3-15-47(16-4-1)67(61-23-11-21-53-51-19-9-7-13-41(51)27-31-55(53)61)49-29-25-43-35-57-59-39-60-58-36-44-26-30-50(34-46(44)38-64(58)70-66(60)40-65(59)69-63(57)37-45(43)33-49)68(48-17-5-2-6-18-48)62-24-12-22-54-52-20-10-8-14-42(52)28-32-56(54)62/h1-40H. The Labute approximate surface area is 402 Å². The highest BCUT2D eigenvalue weighted by Crippen LogP contribution is 2.45. The SMILES string of the molecule is c1ccc(N(c2ccc3cc4c(cc3c2)oc2cc3oc5cc6cc(N(c7ccccc7)c7cccc8c7ccc7ccccc78)ccc6cc5c3cc24)c2cccc3c2ccc2ccccc23)cc1. The molecule has 0 aliphatic heterocycles. The highest BCUT2D eigenvalue weighted by molar-refractivity contribution is 6.19. The van der Waals surface area contributed by atoms with Gasteiger partial charge in [-0.25, -0.2) is 0 Å². The van der Waals surface area contributed by atoms with E-state index in [0.29, 0.717) is 0 Å².